The number of aromatic nitrogens is 2. The second kappa shape index (κ2) is 5.72. The number of para-hydroxylation sites is 1. The van der Waals surface area contributed by atoms with E-state index in [1.807, 2.05) is 24.3 Å². The Morgan fingerprint density at radius 2 is 2.00 bits per heavy atom. The number of ketones is 1. The fourth-order valence-corrected chi connectivity index (χ4v) is 2.51. The summed E-state index contributed by atoms with van der Waals surface area (Å²) in [6.07, 6.45) is 0. The topological polar surface area (TPSA) is 74.3 Å². The Labute approximate surface area is 132 Å². The molecule has 6 heteroatoms. The lowest BCUT2D eigenvalue weighted by molar-refractivity contribution is -0.139. The molecule has 0 saturated carbocycles. The molecule has 6 nitrogen and oxygen atoms in total. The molecule has 0 bridgehead atoms. The highest BCUT2D eigenvalue weighted by molar-refractivity contribution is 6.41. The summed E-state index contributed by atoms with van der Waals surface area (Å²) in [5.74, 6) is -1.11. The van der Waals surface area contributed by atoms with E-state index < -0.39 is 11.8 Å². The van der Waals surface area contributed by atoms with Crippen LogP contribution in [0.5, 0.6) is 0 Å². The third kappa shape index (κ3) is 2.75. The van der Waals surface area contributed by atoms with E-state index in [4.69, 9.17) is 9.15 Å². The van der Waals surface area contributed by atoms with Crippen molar-refractivity contribution >= 4 is 22.7 Å². The zero-order valence-corrected chi connectivity index (χ0v) is 13.1. The number of nitrogens with zero attached hydrogens (tertiary/aromatic N) is 2. The molecule has 0 radical (unpaired) electrons. The quantitative estimate of drug-likeness (QED) is 0.421. The van der Waals surface area contributed by atoms with Crippen molar-refractivity contribution in [2.24, 2.45) is 7.05 Å². The minimum absolute atomic E-state index is 0.0857. The Kier molecular flexibility index (Phi) is 3.73. The van der Waals surface area contributed by atoms with Crippen LogP contribution in [0.1, 0.15) is 27.5 Å². The molecule has 3 rings (SSSR count). The van der Waals surface area contributed by atoms with Gasteiger partial charge in [-0.15, -0.1) is 0 Å². The van der Waals surface area contributed by atoms with Crippen LogP contribution in [0.2, 0.25) is 0 Å². The maximum absolute atomic E-state index is 12.2. The lowest BCUT2D eigenvalue weighted by Crippen LogP contribution is -2.19. The van der Waals surface area contributed by atoms with Gasteiger partial charge >= 0.3 is 5.97 Å². The summed E-state index contributed by atoms with van der Waals surface area (Å²) in [6, 6.07) is 9.27. The van der Waals surface area contributed by atoms with E-state index in [9.17, 15) is 9.59 Å². The van der Waals surface area contributed by atoms with Crippen molar-refractivity contribution < 1.29 is 18.7 Å². The number of aryl methyl sites for hydroxylation is 2. The van der Waals surface area contributed by atoms with Crippen LogP contribution in [0, 0.1) is 13.8 Å². The van der Waals surface area contributed by atoms with E-state index in [1.165, 1.54) is 0 Å². The summed E-state index contributed by atoms with van der Waals surface area (Å²) in [6.45, 7) is 3.34. The number of rotatable bonds is 4. The summed E-state index contributed by atoms with van der Waals surface area (Å²) < 4.78 is 12.2. The van der Waals surface area contributed by atoms with Gasteiger partial charge in [-0.2, -0.15) is 5.10 Å². The fourth-order valence-electron chi connectivity index (χ4n) is 2.51. The van der Waals surface area contributed by atoms with Gasteiger partial charge in [-0.05, 0) is 26.0 Å². The molecule has 1 aromatic carbocycles. The van der Waals surface area contributed by atoms with Crippen LogP contribution in [0.3, 0.4) is 0 Å². The van der Waals surface area contributed by atoms with Crippen LogP contribution in [0.4, 0.5) is 0 Å². The van der Waals surface area contributed by atoms with Gasteiger partial charge in [0.25, 0.3) is 5.78 Å². The third-order valence-corrected chi connectivity index (χ3v) is 3.74. The van der Waals surface area contributed by atoms with Crippen LogP contribution in [-0.2, 0) is 23.2 Å². The minimum Gasteiger partial charge on any atom is -0.457 e. The van der Waals surface area contributed by atoms with Crippen molar-refractivity contribution in [3.63, 3.8) is 0 Å². The van der Waals surface area contributed by atoms with Crippen LogP contribution in [-0.4, -0.2) is 21.5 Å². The zero-order valence-electron chi connectivity index (χ0n) is 13.1. The Hall–Kier alpha value is -2.89. The number of Topliss-reactive ketones (excluding diaryl/α,β-unsaturated/α-hetero) is 1. The summed E-state index contributed by atoms with van der Waals surface area (Å²) in [5.41, 5.74) is 2.15. The monoisotopic (exact) mass is 312 g/mol. The van der Waals surface area contributed by atoms with E-state index in [0.29, 0.717) is 28.3 Å². The first-order valence-electron chi connectivity index (χ1n) is 7.16. The van der Waals surface area contributed by atoms with Gasteiger partial charge in [-0.1, -0.05) is 18.2 Å². The van der Waals surface area contributed by atoms with E-state index in [2.05, 4.69) is 5.10 Å². The molecule has 0 amide bonds. The summed E-state index contributed by atoms with van der Waals surface area (Å²) in [4.78, 5) is 24.2. The molecular weight excluding hydrogens is 296 g/mol. The summed E-state index contributed by atoms with van der Waals surface area (Å²) in [7, 11) is 1.72. The standard InChI is InChI=1S/C17H16N2O4/c1-10-15(11(2)19(3)18-10)16(20)17(21)22-9-13-8-12-6-4-5-7-14(12)23-13/h4-8H,9H2,1-3H3. The van der Waals surface area contributed by atoms with Gasteiger partial charge in [0, 0.05) is 18.1 Å². The average molecular weight is 312 g/mol. The van der Waals surface area contributed by atoms with E-state index >= 15 is 0 Å². The van der Waals surface area contributed by atoms with Crippen molar-refractivity contribution in [3.8, 4) is 0 Å². The molecule has 2 aromatic heterocycles. The molecular formula is C17H16N2O4. The zero-order chi connectivity index (χ0) is 16.6. The summed E-state index contributed by atoms with van der Waals surface area (Å²) >= 11 is 0. The third-order valence-electron chi connectivity index (χ3n) is 3.74. The molecule has 0 fully saturated rings. The number of fused-ring (bicyclic) bond motifs is 1. The Morgan fingerprint density at radius 3 is 2.65 bits per heavy atom. The van der Waals surface area contributed by atoms with Gasteiger partial charge in [-0.3, -0.25) is 9.48 Å². The second-order valence-corrected chi connectivity index (χ2v) is 5.33. The number of hydrogen-bond donors (Lipinski definition) is 0. The number of carbonyl (C=O) groups is 2. The number of benzene rings is 1. The Morgan fingerprint density at radius 1 is 1.26 bits per heavy atom. The van der Waals surface area contributed by atoms with Gasteiger partial charge in [0.05, 0.1) is 11.3 Å². The van der Waals surface area contributed by atoms with Crippen molar-refractivity contribution in [2.75, 3.05) is 0 Å². The number of hydrogen-bond acceptors (Lipinski definition) is 5. The number of furan rings is 1. The van der Waals surface area contributed by atoms with Crippen LogP contribution in [0.15, 0.2) is 34.7 Å². The lowest BCUT2D eigenvalue weighted by Gasteiger charge is -2.02. The fraction of sp³-hybridized carbons (Fsp3) is 0.235. The van der Waals surface area contributed by atoms with Gasteiger partial charge in [-0.25, -0.2) is 4.79 Å². The lowest BCUT2D eigenvalue weighted by atomic mass is 10.1. The maximum atomic E-state index is 12.2. The normalized spacial score (nSPS) is 10.9. The molecule has 0 saturated heterocycles. The first-order valence-corrected chi connectivity index (χ1v) is 7.16. The minimum atomic E-state index is -0.912. The Balaban J connectivity index is 1.72. The molecule has 23 heavy (non-hydrogen) atoms. The largest absolute Gasteiger partial charge is 0.457 e. The molecule has 2 heterocycles. The van der Waals surface area contributed by atoms with Crippen molar-refractivity contribution in [1.82, 2.24) is 9.78 Å². The molecule has 118 valence electrons. The first kappa shape index (κ1) is 15.0. The molecule has 0 aliphatic rings. The maximum Gasteiger partial charge on any atom is 0.380 e. The van der Waals surface area contributed by atoms with E-state index in [0.717, 1.165) is 5.39 Å². The molecule has 3 aromatic rings. The van der Waals surface area contributed by atoms with E-state index in [-0.39, 0.29) is 6.61 Å². The highest BCUT2D eigenvalue weighted by Crippen LogP contribution is 2.20. The van der Waals surface area contributed by atoms with Gasteiger partial charge < -0.3 is 9.15 Å². The summed E-state index contributed by atoms with van der Waals surface area (Å²) in [5, 5.41) is 5.05. The van der Waals surface area contributed by atoms with E-state index in [1.54, 1.807) is 31.6 Å². The molecule has 0 unspecified atom stereocenters. The number of carbonyl (C=O) groups excluding carboxylic acids is 2. The highest BCUT2D eigenvalue weighted by Gasteiger charge is 2.25. The highest BCUT2D eigenvalue weighted by atomic mass is 16.5. The van der Waals surface area contributed by atoms with Crippen molar-refractivity contribution in [3.05, 3.63) is 53.0 Å². The van der Waals surface area contributed by atoms with Gasteiger partial charge in [0.2, 0.25) is 0 Å². The predicted octanol–water partition coefficient (Wildman–Crippen LogP) is 2.71. The Bertz CT molecular complexity index is 872. The van der Waals surface area contributed by atoms with Crippen LogP contribution < -0.4 is 0 Å². The van der Waals surface area contributed by atoms with Gasteiger partial charge in [0.1, 0.15) is 18.0 Å². The van der Waals surface area contributed by atoms with Crippen molar-refractivity contribution in [2.45, 2.75) is 20.5 Å². The molecule has 0 N–H and O–H groups in total. The molecule has 0 aliphatic heterocycles. The van der Waals surface area contributed by atoms with Gasteiger partial charge in [0.15, 0.2) is 0 Å². The average Bonchev–Trinajstić information content (AvgIpc) is 3.05. The smallest absolute Gasteiger partial charge is 0.380 e. The molecule has 0 atom stereocenters. The van der Waals surface area contributed by atoms with Crippen LogP contribution >= 0.6 is 0 Å². The first-order chi connectivity index (χ1) is 11.0. The SMILES string of the molecule is Cc1nn(C)c(C)c1C(=O)C(=O)OCc1cc2ccccc2o1. The number of ether oxygens (including phenoxy) is 1. The van der Waals surface area contributed by atoms with Crippen molar-refractivity contribution in [1.29, 1.82) is 0 Å². The molecule has 0 spiro atoms. The molecule has 0 aliphatic carbocycles. The second-order valence-electron chi connectivity index (χ2n) is 5.33. The predicted molar refractivity (Wildman–Crippen MR) is 83.0 cm³/mol. The van der Waals surface area contributed by atoms with Crippen LogP contribution in [0.25, 0.3) is 11.0 Å². The number of esters is 1.